The van der Waals surface area contributed by atoms with Crippen molar-refractivity contribution in [2.75, 3.05) is 7.11 Å². The number of ether oxygens (including phenoxy) is 1. The van der Waals surface area contributed by atoms with Crippen molar-refractivity contribution in [3.63, 3.8) is 0 Å². The molecule has 2 unspecified atom stereocenters. The van der Waals surface area contributed by atoms with Gasteiger partial charge in [-0.05, 0) is 18.4 Å². The van der Waals surface area contributed by atoms with E-state index in [1.54, 1.807) is 24.4 Å². The van der Waals surface area contributed by atoms with E-state index >= 15 is 0 Å². The normalized spacial score (nSPS) is 13.4. The summed E-state index contributed by atoms with van der Waals surface area (Å²) in [5.74, 6) is -2.70. The zero-order valence-corrected chi connectivity index (χ0v) is 11.0. The summed E-state index contributed by atoms with van der Waals surface area (Å²) < 4.78 is 4.64. The van der Waals surface area contributed by atoms with Crippen LogP contribution in [0.2, 0.25) is 0 Å². The molecular weight excluding hydrogens is 254 g/mol. The predicted octanol–water partition coefficient (Wildman–Crippen LogP) is 1.58. The number of hydrogen-bond acceptors (Lipinski definition) is 5. The summed E-state index contributed by atoms with van der Waals surface area (Å²) >= 11 is 1.28. The average Bonchev–Trinajstić information content (AvgIpc) is 2.79. The van der Waals surface area contributed by atoms with Crippen molar-refractivity contribution >= 4 is 23.3 Å². The first-order valence-electron chi connectivity index (χ1n) is 5.23. The van der Waals surface area contributed by atoms with Crippen molar-refractivity contribution in [3.05, 3.63) is 34.7 Å². The minimum atomic E-state index is -1.08. The molecule has 0 aliphatic rings. The van der Waals surface area contributed by atoms with Crippen molar-refractivity contribution in [2.45, 2.75) is 18.9 Å². The van der Waals surface area contributed by atoms with Crippen LogP contribution >= 0.6 is 11.3 Å². The Morgan fingerprint density at radius 1 is 1.56 bits per heavy atom. The minimum Gasteiger partial charge on any atom is -0.481 e. The maximum absolute atomic E-state index is 11.7. The van der Waals surface area contributed by atoms with Gasteiger partial charge in [0.15, 0.2) is 0 Å². The first kappa shape index (κ1) is 14.2. The van der Waals surface area contributed by atoms with Crippen molar-refractivity contribution < 1.29 is 19.4 Å². The van der Waals surface area contributed by atoms with Crippen LogP contribution in [0.15, 0.2) is 29.8 Å². The Hall–Kier alpha value is -1.82. The lowest BCUT2D eigenvalue weighted by atomic mass is 9.97. The van der Waals surface area contributed by atoms with Crippen molar-refractivity contribution in [3.8, 4) is 0 Å². The lowest BCUT2D eigenvalue weighted by Gasteiger charge is -2.23. The highest BCUT2D eigenvalue weighted by Gasteiger charge is 2.36. The molecule has 0 aromatic carbocycles. The summed E-state index contributed by atoms with van der Waals surface area (Å²) in [6.07, 6.45) is 0. The number of aliphatic carboxylic acids is 1. The van der Waals surface area contributed by atoms with E-state index in [9.17, 15) is 14.7 Å². The molecule has 2 N–H and O–H groups in total. The van der Waals surface area contributed by atoms with Gasteiger partial charge in [-0.15, -0.1) is 11.3 Å². The Morgan fingerprint density at radius 2 is 2.22 bits per heavy atom. The quantitative estimate of drug-likeness (QED) is 0.767. The third-order valence-electron chi connectivity index (χ3n) is 2.31. The number of hydrogen-bond donors (Lipinski definition) is 2. The smallest absolute Gasteiger partial charge is 0.329 e. The summed E-state index contributed by atoms with van der Waals surface area (Å²) in [5, 5.41) is 13.8. The second kappa shape index (κ2) is 6.20. The summed E-state index contributed by atoms with van der Waals surface area (Å²) in [5.41, 5.74) is 0.508. The number of esters is 1. The van der Waals surface area contributed by atoms with Crippen LogP contribution in [0.25, 0.3) is 0 Å². The zero-order valence-electron chi connectivity index (χ0n) is 10.2. The second-order valence-electron chi connectivity index (χ2n) is 3.76. The number of carbonyl (C=O) groups excluding carboxylic acids is 1. The monoisotopic (exact) mass is 269 g/mol. The number of rotatable bonds is 6. The van der Waals surface area contributed by atoms with E-state index in [0.717, 1.165) is 0 Å². The van der Waals surface area contributed by atoms with Gasteiger partial charge in [-0.3, -0.25) is 4.79 Å². The fraction of sp³-hybridized carbons (Fsp3) is 0.333. The molecule has 0 saturated heterocycles. The molecule has 0 aliphatic carbocycles. The highest BCUT2D eigenvalue weighted by molar-refractivity contribution is 7.10. The molecule has 0 aliphatic heterocycles. The van der Waals surface area contributed by atoms with Gasteiger partial charge in [-0.1, -0.05) is 12.6 Å². The lowest BCUT2D eigenvalue weighted by molar-refractivity contribution is -0.149. The van der Waals surface area contributed by atoms with Gasteiger partial charge in [0.25, 0.3) is 0 Å². The van der Waals surface area contributed by atoms with E-state index in [4.69, 9.17) is 0 Å². The van der Waals surface area contributed by atoms with E-state index in [1.807, 2.05) is 0 Å². The second-order valence-corrected chi connectivity index (χ2v) is 4.74. The van der Waals surface area contributed by atoms with Gasteiger partial charge < -0.3 is 15.2 Å². The Kier molecular flexibility index (Phi) is 4.91. The number of nitrogens with one attached hydrogen (secondary N) is 1. The maximum atomic E-state index is 11.7. The largest absolute Gasteiger partial charge is 0.481 e. The van der Waals surface area contributed by atoms with Gasteiger partial charge in [0.05, 0.1) is 7.11 Å². The van der Waals surface area contributed by atoms with Crippen LogP contribution in [0.5, 0.6) is 0 Å². The third-order valence-corrected chi connectivity index (χ3v) is 3.26. The molecule has 0 bridgehead atoms. The molecule has 5 nitrogen and oxygen atoms in total. The first-order valence-corrected chi connectivity index (χ1v) is 6.11. The van der Waals surface area contributed by atoms with E-state index in [1.165, 1.54) is 18.4 Å². The minimum absolute atomic E-state index is 0.508. The molecule has 0 amide bonds. The van der Waals surface area contributed by atoms with Crippen LogP contribution in [0.4, 0.5) is 0 Å². The molecule has 6 heteroatoms. The van der Waals surface area contributed by atoms with E-state index in [-0.39, 0.29) is 0 Å². The summed E-state index contributed by atoms with van der Waals surface area (Å²) in [4.78, 5) is 23.7. The van der Waals surface area contributed by atoms with Crippen LogP contribution in [-0.2, 0) is 14.3 Å². The Morgan fingerprint density at radius 3 is 2.61 bits per heavy atom. The van der Waals surface area contributed by atoms with Gasteiger partial charge in [-0.25, -0.2) is 4.79 Å². The number of allylic oxidation sites excluding steroid dienone is 1. The molecule has 98 valence electrons. The molecule has 2 atom stereocenters. The predicted molar refractivity (Wildman–Crippen MR) is 68.4 cm³/mol. The Bertz CT molecular complexity index is 441. The summed E-state index contributed by atoms with van der Waals surface area (Å²) in [6.45, 7) is 5.28. The van der Waals surface area contributed by atoms with Crippen molar-refractivity contribution in [1.82, 2.24) is 5.32 Å². The molecule has 0 fully saturated rings. The number of thiophene rings is 1. The summed E-state index contributed by atoms with van der Waals surface area (Å²) in [6, 6.07) is 2.44. The first-order chi connectivity index (χ1) is 8.47. The fourth-order valence-electron chi connectivity index (χ4n) is 1.57. The lowest BCUT2D eigenvalue weighted by Crippen LogP contribution is -2.44. The molecule has 18 heavy (non-hydrogen) atoms. The Balaban J connectivity index is 3.09. The molecule has 1 aromatic rings. The van der Waals surface area contributed by atoms with Crippen LogP contribution in [0.1, 0.15) is 17.7 Å². The standard InChI is InChI=1S/C12H15NO4S/c1-7(2)13-10(12(16)17-3)9(11(14)15)8-5-4-6-18-8/h4-6,9-10,13H,1H2,2-3H3,(H,14,15). The molecule has 1 rings (SSSR count). The van der Waals surface area contributed by atoms with Gasteiger partial charge >= 0.3 is 11.9 Å². The van der Waals surface area contributed by atoms with E-state index in [2.05, 4.69) is 16.6 Å². The SMILES string of the molecule is C=C(C)NC(C(=O)OC)C(C(=O)O)c1cccs1. The highest BCUT2D eigenvalue weighted by atomic mass is 32.1. The molecule has 1 aromatic heterocycles. The third kappa shape index (κ3) is 3.33. The van der Waals surface area contributed by atoms with Gasteiger partial charge in [0.1, 0.15) is 12.0 Å². The van der Waals surface area contributed by atoms with Crippen LogP contribution < -0.4 is 5.32 Å². The number of carbonyl (C=O) groups is 2. The van der Waals surface area contributed by atoms with E-state index < -0.39 is 23.9 Å². The van der Waals surface area contributed by atoms with Gasteiger partial charge in [-0.2, -0.15) is 0 Å². The van der Waals surface area contributed by atoms with Crippen molar-refractivity contribution in [1.29, 1.82) is 0 Å². The zero-order chi connectivity index (χ0) is 13.7. The molecular formula is C12H15NO4S. The topological polar surface area (TPSA) is 75.6 Å². The van der Waals surface area contributed by atoms with Gasteiger partial charge in [0, 0.05) is 10.6 Å². The molecule has 0 radical (unpaired) electrons. The highest BCUT2D eigenvalue weighted by Crippen LogP contribution is 2.26. The average molecular weight is 269 g/mol. The van der Waals surface area contributed by atoms with Crippen molar-refractivity contribution in [2.24, 2.45) is 0 Å². The number of carboxylic acid groups (broad SMARTS) is 1. The van der Waals surface area contributed by atoms with Crippen LogP contribution in [0.3, 0.4) is 0 Å². The maximum Gasteiger partial charge on any atom is 0.329 e. The molecule has 0 saturated carbocycles. The Labute approximate surface area is 109 Å². The fourth-order valence-corrected chi connectivity index (χ4v) is 2.42. The van der Waals surface area contributed by atoms with E-state index in [0.29, 0.717) is 10.6 Å². The van der Waals surface area contributed by atoms with Gasteiger partial charge in [0.2, 0.25) is 0 Å². The molecule has 1 heterocycles. The molecule has 0 spiro atoms. The summed E-state index contributed by atoms with van der Waals surface area (Å²) in [7, 11) is 1.22. The van der Waals surface area contributed by atoms with Crippen LogP contribution in [0, 0.1) is 0 Å². The number of methoxy groups -OCH3 is 1. The number of carboxylic acids is 1. The van der Waals surface area contributed by atoms with Crippen LogP contribution in [-0.4, -0.2) is 30.2 Å².